The standard InChI is InChI=1S/C15H26N4O.ClH/c1-14(2,3)12-8-10(17-18-12)13(20)19-7-6-11(16)15(4,5)9-19;/h8,11H,6-7,9,16H2,1-5H3,(H,17,18);1H. The Morgan fingerprint density at radius 3 is 2.57 bits per heavy atom. The van der Waals surface area contributed by atoms with Crippen LogP contribution >= 0.6 is 12.4 Å². The number of carbonyl (C=O) groups excluding carboxylic acids is 1. The van der Waals surface area contributed by atoms with Crippen LogP contribution in [0, 0.1) is 5.41 Å². The summed E-state index contributed by atoms with van der Waals surface area (Å²) in [5, 5.41) is 7.15. The minimum Gasteiger partial charge on any atom is -0.337 e. The van der Waals surface area contributed by atoms with E-state index in [9.17, 15) is 4.79 Å². The molecular formula is C15H27ClN4O. The Hall–Kier alpha value is -1.07. The Morgan fingerprint density at radius 1 is 1.48 bits per heavy atom. The summed E-state index contributed by atoms with van der Waals surface area (Å²) in [4.78, 5) is 14.4. The lowest BCUT2D eigenvalue weighted by Crippen LogP contribution is -2.54. The molecule has 1 unspecified atom stereocenters. The predicted molar refractivity (Wildman–Crippen MR) is 86.8 cm³/mol. The number of likely N-dealkylation sites (tertiary alicyclic amines) is 1. The number of hydrogen-bond donors (Lipinski definition) is 2. The third-order valence-corrected chi connectivity index (χ3v) is 4.20. The maximum absolute atomic E-state index is 12.5. The number of nitrogens with one attached hydrogen (secondary N) is 1. The van der Waals surface area contributed by atoms with Gasteiger partial charge in [-0.1, -0.05) is 34.6 Å². The van der Waals surface area contributed by atoms with Crippen LogP contribution in [0.15, 0.2) is 6.07 Å². The van der Waals surface area contributed by atoms with Crippen molar-refractivity contribution in [1.29, 1.82) is 0 Å². The molecule has 1 fully saturated rings. The van der Waals surface area contributed by atoms with Crippen LogP contribution < -0.4 is 5.73 Å². The van der Waals surface area contributed by atoms with Gasteiger partial charge in [-0.25, -0.2) is 0 Å². The molecule has 1 aromatic rings. The number of H-pyrrole nitrogens is 1. The first kappa shape index (κ1) is 18.0. The summed E-state index contributed by atoms with van der Waals surface area (Å²) in [6, 6.07) is 2.01. The van der Waals surface area contributed by atoms with E-state index in [1.165, 1.54) is 0 Å². The third-order valence-electron chi connectivity index (χ3n) is 4.20. The highest BCUT2D eigenvalue weighted by Gasteiger charge is 2.36. The topological polar surface area (TPSA) is 75.0 Å². The second kappa shape index (κ2) is 5.97. The molecule has 0 aromatic carbocycles. The lowest BCUT2D eigenvalue weighted by atomic mass is 9.79. The van der Waals surface area contributed by atoms with Crippen molar-refractivity contribution in [3.8, 4) is 0 Å². The molecule has 1 amide bonds. The Bertz CT molecular complexity index is 504. The van der Waals surface area contributed by atoms with E-state index >= 15 is 0 Å². The smallest absolute Gasteiger partial charge is 0.274 e. The largest absolute Gasteiger partial charge is 0.337 e. The molecule has 120 valence electrons. The van der Waals surface area contributed by atoms with Crippen LogP contribution in [0.2, 0.25) is 0 Å². The summed E-state index contributed by atoms with van der Waals surface area (Å²) in [6.45, 7) is 11.9. The fraction of sp³-hybridized carbons (Fsp3) is 0.733. The molecule has 2 heterocycles. The number of carbonyl (C=O) groups is 1. The van der Waals surface area contributed by atoms with Gasteiger partial charge in [-0.05, 0) is 17.9 Å². The van der Waals surface area contributed by atoms with Crippen molar-refractivity contribution in [2.45, 2.75) is 52.5 Å². The van der Waals surface area contributed by atoms with E-state index in [2.05, 4.69) is 44.8 Å². The third kappa shape index (κ3) is 3.77. The molecule has 5 nitrogen and oxygen atoms in total. The van der Waals surface area contributed by atoms with E-state index in [1.54, 1.807) is 0 Å². The summed E-state index contributed by atoms with van der Waals surface area (Å²) in [7, 11) is 0. The van der Waals surface area contributed by atoms with Gasteiger partial charge >= 0.3 is 0 Å². The fourth-order valence-electron chi connectivity index (χ4n) is 2.52. The number of aromatic nitrogens is 2. The second-order valence-electron chi connectivity index (χ2n) is 7.53. The molecular weight excluding hydrogens is 288 g/mol. The Balaban J connectivity index is 0.00000220. The average molecular weight is 315 g/mol. The van der Waals surface area contributed by atoms with Gasteiger partial charge in [0.1, 0.15) is 5.69 Å². The fourth-order valence-corrected chi connectivity index (χ4v) is 2.52. The van der Waals surface area contributed by atoms with Crippen molar-refractivity contribution >= 4 is 18.3 Å². The SMILES string of the molecule is CC(C)(C)c1cc(C(=O)N2CCC(N)C(C)(C)C2)n[nH]1.Cl. The van der Waals surface area contributed by atoms with Gasteiger partial charge < -0.3 is 10.6 Å². The molecule has 1 aliphatic heterocycles. The van der Waals surface area contributed by atoms with Gasteiger partial charge in [0.2, 0.25) is 0 Å². The number of nitrogens with two attached hydrogens (primary N) is 1. The van der Waals surface area contributed by atoms with Gasteiger partial charge in [0.05, 0.1) is 0 Å². The number of hydrogen-bond acceptors (Lipinski definition) is 3. The first-order valence-electron chi connectivity index (χ1n) is 7.22. The van der Waals surface area contributed by atoms with Crippen LogP contribution in [-0.2, 0) is 5.41 Å². The first-order valence-corrected chi connectivity index (χ1v) is 7.22. The van der Waals surface area contributed by atoms with E-state index in [0.29, 0.717) is 18.8 Å². The van der Waals surface area contributed by atoms with Crippen molar-refractivity contribution in [2.75, 3.05) is 13.1 Å². The summed E-state index contributed by atoms with van der Waals surface area (Å²) >= 11 is 0. The molecule has 1 aromatic heterocycles. The quantitative estimate of drug-likeness (QED) is 0.835. The highest BCUT2D eigenvalue weighted by atomic mass is 35.5. The second-order valence-corrected chi connectivity index (χ2v) is 7.53. The van der Waals surface area contributed by atoms with E-state index < -0.39 is 0 Å². The molecule has 6 heteroatoms. The van der Waals surface area contributed by atoms with Crippen LogP contribution in [0.3, 0.4) is 0 Å². The minimum absolute atomic E-state index is 0. The highest BCUT2D eigenvalue weighted by molar-refractivity contribution is 5.92. The van der Waals surface area contributed by atoms with Gasteiger partial charge in [-0.3, -0.25) is 9.89 Å². The maximum atomic E-state index is 12.5. The van der Waals surface area contributed by atoms with Crippen LogP contribution in [0.4, 0.5) is 0 Å². The Labute approximate surface area is 133 Å². The lowest BCUT2D eigenvalue weighted by molar-refractivity contribution is 0.0527. The molecule has 3 N–H and O–H groups in total. The van der Waals surface area contributed by atoms with E-state index in [1.807, 2.05) is 11.0 Å². The molecule has 0 bridgehead atoms. The monoisotopic (exact) mass is 314 g/mol. The first-order chi connectivity index (χ1) is 9.11. The molecule has 0 spiro atoms. The van der Waals surface area contributed by atoms with Gasteiger partial charge in [-0.15, -0.1) is 12.4 Å². The Kier molecular flexibility index (Phi) is 5.11. The summed E-state index contributed by atoms with van der Waals surface area (Å²) in [5.74, 6) is -0.00303. The maximum Gasteiger partial charge on any atom is 0.274 e. The summed E-state index contributed by atoms with van der Waals surface area (Å²) < 4.78 is 0. The number of halogens is 1. The van der Waals surface area contributed by atoms with Crippen molar-refractivity contribution in [2.24, 2.45) is 11.1 Å². The molecule has 1 aliphatic rings. The zero-order valence-electron chi connectivity index (χ0n) is 13.6. The van der Waals surface area contributed by atoms with Crippen molar-refractivity contribution < 1.29 is 4.79 Å². The molecule has 0 saturated carbocycles. The number of aromatic amines is 1. The summed E-state index contributed by atoms with van der Waals surface area (Å²) in [5.41, 5.74) is 7.52. The van der Waals surface area contributed by atoms with Gasteiger partial charge in [-0.2, -0.15) is 5.10 Å². The van der Waals surface area contributed by atoms with Crippen LogP contribution in [0.5, 0.6) is 0 Å². The number of piperidine rings is 1. The van der Waals surface area contributed by atoms with Crippen molar-refractivity contribution in [3.63, 3.8) is 0 Å². The molecule has 1 saturated heterocycles. The molecule has 1 atom stereocenters. The average Bonchev–Trinajstić information content (AvgIpc) is 2.80. The zero-order chi connectivity index (χ0) is 15.1. The molecule has 0 radical (unpaired) electrons. The van der Waals surface area contributed by atoms with Crippen molar-refractivity contribution in [1.82, 2.24) is 15.1 Å². The number of nitrogens with zero attached hydrogens (tertiary/aromatic N) is 2. The van der Waals surface area contributed by atoms with Gasteiger partial charge in [0, 0.05) is 30.2 Å². The van der Waals surface area contributed by atoms with E-state index in [-0.39, 0.29) is 35.2 Å². The normalized spacial score (nSPS) is 21.8. The van der Waals surface area contributed by atoms with Crippen molar-refractivity contribution in [3.05, 3.63) is 17.5 Å². The predicted octanol–water partition coefficient (Wildman–Crippen LogP) is 2.33. The number of rotatable bonds is 1. The van der Waals surface area contributed by atoms with Gasteiger partial charge in [0.25, 0.3) is 5.91 Å². The van der Waals surface area contributed by atoms with Crippen LogP contribution in [0.1, 0.15) is 57.2 Å². The lowest BCUT2D eigenvalue weighted by Gasteiger charge is -2.42. The summed E-state index contributed by atoms with van der Waals surface area (Å²) in [6.07, 6.45) is 0.843. The minimum atomic E-state index is -0.0446. The highest BCUT2D eigenvalue weighted by Crippen LogP contribution is 2.29. The van der Waals surface area contributed by atoms with Gasteiger partial charge in [0.15, 0.2) is 0 Å². The molecule has 0 aliphatic carbocycles. The number of amides is 1. The van der Waals surface area contributed by atoms with Crippen LogP contribution in [0.25, 0.3) is 0 Å². The van der Waals surface area contributed by atoms with E-state index in [4.69, 9.17) is 5.73 Å². The Morgan fingerprint density at radius 2 is 2.10 bits per heavy atom. The van der Waals surface area contributed by atoms with E-state index in [0.717, 1.165) is 12.1 Å². The molecule has 21 heavy (non-hydrogen) atoms. The molecule has 2 rings (SSSR count). The van der Waals surface area contributed by atoms with Crippen LogP contribution in [-0.4, -0.2) is 40.1 Å². The zero-order valence-corrected chi connectivity index (χ0v) is 14.4.